The molecular weight excluding hydrogens is 214 g/mol. The average Bonchev–Trinajstić information content (AvgIpc) is 2.22. The zero-order valence-corrected chi connectivity index (χ0v) is 9.50. The van der Waals surface area contributed by atoms with Crippen molar-refractivity contribution in [3.63, 3.8) is 0 Å². The summed E-state index contributed by atoms with van der Waals surface area (Å²) in [6, 6.07) is 1.63. The Morgan fingerprint density at radius 2 is 2.33 bits per heavy atom. The molecule has 84 valence electrons. The molecule has 0 saturated heterocycles. The molecule has 5 heteroatoms. The first-order valence-electron chi connectivity index (χ1n) is 4.80. The maximum Gasteiger partial charge on any atom is 0.128 e. The minimum Gasteiger partial charge on any atom is -0.385 e. The monoisotopic (exact) mass is 229 g/mol. The molecule has 0 aliphatic rings. The van der Waals surface area contributed by atoms with Gasteiger partial charge in [0.25, 0.3) is 0 Å². The summed E-state index contributed by atoms with van der Waals surface area (Å²) in [5, 5.41) is 0.557. The number of methoxy groups -OCH3 is 1. The highest BCUT2D eigenvalue weighted by atomic mass is 35.5. The Morgan fingerprint density at radius 3 is 3.00 bits per heavy atom. The largest absolute Gasteiger partial charge is 0.385 e. The smallest absolute Gasteiger partial charge is 0.128 e. The Morgan fingerprint density at radius 1 is 1.60 bits per heavy atom. The van der Waals surface area contributed by atoms with Crippen LogP contribution < -0.4 is 11.5 Å². The lowest BCUT2D eigenvalue weighted by Gasteiger charge is -2.13. The third kappa shape index (κ3) is 3.66. The standard InChI is InChI=1S/C10H16ClN3O/c1-15-4-2-3-9(12)8-5-7(11)6-14-10(8)13/h5-6,9H,2-4,12H2,1H3,(H2,13,14). The summed E-state index contributed by atoms with van der Waals surface area (Å²) in [4.78, 5) is 3.96. The van der Waals surface area contributed by atoms with Gasteiger partial charge in [-0.25, -0.2) is 4.98 Å². The summed E-state index contributed by atoms with van der Waals surface area (Å²) in [6.07, 6.45) is 3.21. The molecule has 0 aliphatic heterocycles. The van der Waals surface area contributed by atoms with E-state index in [1.165, 1.54) is 6.20 Å². The highest BCUT2D eigenvalue weighted by Crippen LogP contribution is 2.23. The second-order valence-electron chi connectivity index (χ2n) is 3.37. The summed E-state index contributed by atoms with van der Waals surface area (Å²) in [7, 11) is 1.67. The fraction of sp³-hybridized carbons (Fsp3) is 0.500. The molecule has 1 atom stereocenters. The number of rotatable bonds is 5. The van der Waals surface area contributed by atoms with E-state index in [0.717, 1.165) is 18.4 Å². The molecule has 15 heavy (non-hydrogen) atoms. The predicted molar refractivity (Wildman–Crippen MR) is 61.7 cm³/mol. The SMILES string of the molecule is COCCCC(N)c1cc(Cl)cnc1N. The maximum absolute atomic E-state index is 5.97. The maximum atomic E-state index is 5.97. The molecule has 1 aromatic rings. The molecule has 1 aromatic heterocycles. The normalized spacial score (nSPS) is 12.7. The first-order valence-corrected chi connectivity index (χ1v) is 5.18. The third-order valence-corrected chi connectivity index (χ3v) is 2.39. The number of aromatic nitrogens is 1. The molecule has 0 fully saturated rings. The van der Waals surface area contributed by atoms with Gasteiger partial charge in [-0.15, -0.1) is 0 Å². The fourth-order valence-electron chi connectivity index (χ4n) is 1.37. The number of anilines is 1. The van der Waals surface area contributed by atoms with Crippen molar-refractivity contribution in [3.05, 3.63) is 22.8 Å². The van der Waals surface area contributed by atoms with Gasteiger partial charge in [0.15, 0.2) is 0 Å². The van der Waals surface area contributed by atoms with Gasteiger partial charge >= 0.3 is 0 Å². The predicted octanol–water partition coefficient (Wildman–Crippen LogP) is 1.74. The number of halogens is 1. The molecule has 0 bridgehead atoms. The number of pyridine rings is 1. The Balaban J connectivity index is 2.64. The van der Waals surface area contributed by atoms with Gasteiger partial charge in [0.2, 0.25) is 0 Å². The van der Waals surface area contributed by atoms with E-state index in [4.69, 9.17) is 27.8 Å². The van der Waals surface area contributed by atoms with E-state index in [-0.39, 0.29) is 6.04 Å². The zero-order valence-electron chi connectivity index (χ0n) is 8.74. The van der Waals surface area contributed by atoms with E-state index >= 15 is 0 Å². The third-order valence-electron chi connectivity index (χ3n) is 2.18. The van der Waals surface area contributed by atoms with Crippen molar-refractivity contribution < 1.29 is 4.74 Å². The van der Waals surface area contributed by atoms with Gasteiger partial charge in [-0.1, -0.05) is 11.6 Å². The first-order chi connectivity index (χ1) is 7.15. The lowest BCUT2D eigenvalue weighted by Crippen LogP contribution is -2.14. The van der Waals surface area contributed by atoms with Crippen LogP contribution in [0.2, 0.25) is 5.02 Å². The van der Waals surface area contributed by atoms with Crippen LogP contribution >= 0.6 is 11.6 Å². The second-order valence-corrected chi connectivity index (χ2v) is 3.81. The van der Waals surface area contributed by atoms with E-state index in [1.54, 1.807) is 13.2 Å². The molecular formula is C10H16ClN3O. The van der Waals surface area contributed by atoms with Crippen LogP contribution in [0.3, 0.4) is 0 Å². The van der Waals surface area contributed by atoms with E-state index in [1.807, 2.05) is 0 Å². The van der Waals surface area contributed by atoms with Crippen molar-refractivity contribution >= 4 is 17.4 Å². The van der Waals surface area contributed by atoms with Gasteiger partial charge in [-0.3, -0.25) is 0 Å². The molecule has 4 N–H and O–H groups in total. The van der Waals surface area contributed by atoms with Crippen molar-refractivity contribution in [2.24, 2.45) is 5.73 Å². The molecule has 0 saturated carbocycles. The van der Waals surface area contributed by atoms with Crippen LogP contribution in [0.5, 0.6) is 0 Å². The number of nitrogen functional groups attached to an aromatic ring is 1. The second kappa shape index (κ2) is 5.90. The van der Waals surface area contributed by atoms with Crippen LogP contribution in [-0.2, 0) is 4.74 Å². The summed E-state index contributed by atoms with van der Waals surface area (Å²) in [5.74, 6) is 0.448. The van der Waals surface area contributed by atoms with Crippen LogP contribution in [0.25, 0.3) is 0 Å². The summed E-state index contributed by atoms with van der Waals surface area (Å²) < 4.78 is 4.95. The van der Waals surface area contributed by atoms with Gasteiger partial charge in [0.1, 0.15) is 5.82 Å². The van der Waals surface area contributed by atoms with E-state index in [9.17, 15) is 0 Å². The van der Waals surface area contributed by atoms with Crippen molar-refractivity contribution in [1.29, 1.82) is 0 Å². The molecule has 4 nitrogen and oxygen atoms in total. The number of nitrogens with zero attached hydrogens (tertiary/aromatic N) is 1. The molecule has 0 aromatic carbocycles. The minimum atomic E-state index is -0.133. The quantitative estimate of drug-likeness (QED) is 0.755. The number of nitrogens with two attached hydrogens (primary N) is 2. The van der Waals surface area contributed by atoms with Gasteiger partial charge in [-0.2, -0.15) is 0 Å². The van der Waals surface area contributed by atoms with E-state index in [2.05, 4.69) is 4.98 Å². The molecule has 0 aliphatic carbocycles. The van der Waals surface area contributed by atoms with Crippen LogP contribution in [0.15, 0.2) is 12.3 Å². The van der Waals surface area contributed by atoms with E-state index < -0.39 is 0 Å². The summed E-state index contributed by atoms with van der Waals surface area (Å²) >= 11 is 5.82. The molecule has 1 heterocycles. The molecule has 0 radical (unpaired) electrons. The number of ether oxygens (including phenoxy) is 1. The topological polar surface area (TPSA) is 74.2 Å². The number of hydrogen-bond donors (Lipinski definition) is 2. The van der Waals surface area contributed by atoms with Gasteiger partial charge < -0.3 is 16.2 Å². The van der Waals surface area contributed by atoms with Crippen LogP contribution in [0.4, 0.5) is 5.82 Å². The Bertz CT molecular complexity index is 320. The Kier molecular flexibility index (Phi) is 4.81. The van der Waals surface area contributed by atoms with Crippen LogP contribution in [0.1, 0.15) is 24.4 Å². The van der Waals surface area contributed by atoms with Crippen molar-refractivity contribution in [2.45, 2.75) is 18.9 Å². The summed E-state index contributed by atoms with van der Waals surface area (Å²) in [5.41, 5.74) is 12.5. The number of hydrogen-bond acceptors (Lipinski definition) is 4. The van der Waals surface area contributed by atoms with Crippen LogP contribution in [-0.4, -0.2) is 18.7 Å². The van der Waals surface area contributed by atoms with Crippen molar-refractivity contribution in [1.82, 2.24) is 4.98 Å². The lowest BCUT2D eigenvalue weighted by atomic mass is 10.0. The van der Waals surface area contributed by atoms with Crippen molar-refractivity contribution in [3.8, 4) is 0 Å². The van der Waals surface area contributed by atoms with Gasteiger partial charge in [0, 0.05) is 31.5 Å². The van der Waals surface area contributed by atoms with Crippen molar-refractivity contribution in [2.75, 3.05) is 19.5 Å². The summed E-state index contributed by atoms with van der Waals surface area (Å²) in [6.45, 7) is 0.696. The minimum absolute atomic E-state index is 0.133. The first kappa shape index (κ1) is 12.2. The zero-order chi connectivity index (χ0) is 11.3. The highest BCUT2D eigenvalue weighted by Gasteiger charge is 2.10. The molecule has 1 rings (SSSR count). The average molecular weight is 230 g/mol. The Hall–Kier alpha value is -0.840. The Labute approximate surface area is 94.6 Å². The fourth-order valence-corrected chi connectivity index (χ4v) is 1.53. The lowest BCUT2D eigenvalue weighted by molar-refractivity contribution is 0.190. The molecule has 0 amide bonds. The molecule has 0 spiro atoms. The highest BCUT2D eigenvalue weighted by molar-refractivity contribution is 6.30. The van der Waals surface area contributed by atoms with Crippen LogP contribution in [0, 0.1) is 0 Å². The van der Waals surface area contributed by atoms with E-state index in [0.29, 0.717) is 17.4 Å². The van der Waals surface area contributed by atoms with Gasteiger partial charge in [-0.05, 0) is 18.9 Å². The molecule has 1 unspecified atom stereocenters. The van der Waals surface area contributed by atoms with Gasteiger partial charge in [0.05, 0.1) is 5.02 Å².